The summed E-state index contributed by atoms with van der Waals surface area (Å²) >= 11 is 0. The summed E-state index contributed by atoms with van der Waals surface area (Å²) in [7, 11) is -0.282. The van der Waals surface area contributed by atoms with Crippen LogP contribution in [0.5, 0.6) is 0 Å². The van der Waals surface area contributed by atoms with Gasteiger partial charge in [-0.05, 0) is 36.8 Å². The highest BCUT2D eigenvalue weighted by Crippen LogP contribution is 2.32. The third-order valence-corrected chi connectivity index (χ3v) is 3.11. The van der Waals surface area contributed by atoms with E-state index in [1.807, 2.05) is 6.08 Å². The van der Waals surface area contributed by atoms with Gasteiger partial charge in [-0.25, -0.2) is 4.57 Å². The molecule has 84 valence electrons. The predicted octanol–water partition coefficient (Wildman–Crippen LogP) is 4.34. The first-order valence-corrected chi connectivity index (χ1v) is 6.33. The zero-order valence-corrected chi connectivity index (χ0v) is 10.2. The summed E-state index contributed by atoms with van der Waals surface area (Å²) in [6.45, 7) is 2.13. The van der Waals surface area contributed by atoms with Crippen molar-refractivity contribution in [2.24, 2.45) is 5.92 Å². The number of hydrogen-bond donors (Lipinski definition) is 0. The molecule has 0 spiro atoms. The molecule has 0 aromatic rings. The number of hydrogen-bond acceptors (Lipinski definition) is 2. The molecule has 0 saturated heterocycles. The average molecular weight is 234 g/mol. The van der Waals surface area contributed by atoms with Crippen molar-refractivity contribution in [1.29, 1.82) is 0 Å². The first-order chi connectivity index (χ1) is 7.81. The van der Waals surface area contributed by atoms with E-state index in [9.17, 15) is 4.57 Å². The summed E-state index contributed by atoms with van der Waals surface area (Å²) in [6, 6.07) is 0. The molecule has 0 bridgehead atoms. The summed E-state index contributed by atoms with van der Waals surface area (Å²) in [5.41, 5.74) is 2.27. The van der Waals surface area contributed by atoms with E-state index < -0.39 is 0 Å². The molecule has 2 aliphatic rings. The van der Waals surface area contributed by atoms with Crippen LogP contribution in [0.25, 0.3) is 0 Å². The Morgan fingerprint density at radius 1 is 1.38 bits per heavy atom. The van der Waals surface area contributed by atoms with Gasteiger partial charge in [0, 0.05) is 5.57 Å². The van der Waals surface area contributed by atoms with Crippen molar-refractivity contribution >= 4 is 8.69 Å². The Bertz CT molecular complexity index is 402. The van der Waals surface area contributed by atoms with E-state index in [4.69, 9.17) is 4.52 Å². The third-order valence-electron chi connectivity index (χ3n) is 2.84. The highest BCUT2D eigenvalue weighted by molar-refractivity contribution is 7.17. The van der Waals surface area contributed by atoms with Gasteiger partial charge in [0.05, 0.1) is 0 Å². The maximum absolute atomic E-state index is 10.6. The van der Waals surface area contributed by atoms with E-state index in [2.05, 4.69) is 31.2 Å². The van der Waals surface area contributed by atoms with Crippen LogP contribution in [-0.2, 0) is 9.09 Å². The third kappa shape index (κ3) is 2.51. The van der Waals surface area contributed by atoms with Crippen LogP contribution >= 0.6 is 8.69 Å². The molecule has 0 amide bonds. The van der Waals surface area contributed by atoms with Gasteiger partial charge in [0.25, 0.3) is 0 Å². The second-order valence-corrected chi connectivity index (χ2v) is 4.50. The molecule has 0 aromatic carbocycles. The van der Waals surface area contributed by atoms with Gasteiger partial charge in [-0.3, -0.25) is 0 Å². The molecular formula is C13H15O2P. The summed E-state index contributed by atoms with van der Waals surface area (Å²) in [5, 5.41) is 0. The Labute approximate surface area is 97.7 Å². The lowest BCUT2D eigenvalue weighted by atomic mass is 9.90. The van der Waals surface area contributed by atoms with E-state index in [0.717, 1.165) is 30.6 Å². The largest absolute Gasteiger partial charge is 0.407 e. The Balaban J connectivity index is 2.25. The van der Waals surface area contributed by atoms with Gasteiger partial charge in [0.1, 0.15) is 5.76 Å². The summed E-state index contributed by atoms with van der Waals surface area (Å²) in [5.74, 6) is 1.20. The van der Waals surface area contributed by atoms with Crippen molar-refractivity contribution < 1.29 is 9.09 Å². The lowest BCUT2D eigenvalue weighted by Crippen LogP contribution is -2.04. The van der Waals surface area contributed by atoms with Crippen molar-refractivity contribution in [1.82, 2.24) is 0 Å². The highest BCUT2D eigenvalue weighted by atomic mass is 31.1. The molecule has 3 heteroatoms. The minimum Gasteiger partial charge on any atom is -0.407 e. The fourth-order valence-electron chi connectivity index (χ4n) is 2.01. The van der Waals surface area contributed by atoms with Gasteiger partial charge in [-0.2, -0.15) is 0 Å². The molecule has 0 N–H and O–H groups in total. The zero-order valence-electron chi connectivity index (χ0n) is 9.35. The lowest BCUT2D eigenvalue weighted by molar-refractivity contribution is 0.440. The number of allylic oxidation sites excluding steroid dienone is 6. The fourth-order valence-corrected chi connectivity index (χ4v) is 2.25. The van der Waals surface area contributed by atoms with Gasteiger partial charge >= 0.3 is 8.69 Å². The Morgan fingerprint density at radius 3 is 2.94 bits per heavy atom. The molecule has 1 atom stereocenters. The van der Waals surface area contributed by atoms with Crippen molar-refractivity contribution in [3.8, 4) is 0 Å². The van der Waals surface area contributed by atoms with Gasteiger partial charge in [-0.1, -0.05) is 31.2 Å². The highest BCUT2D eigenvalue weighted by Gasteiger charge is 2.17. The SMILES string of the molecule is CC1C=C(OP=O)C(C2=CCCC=C2)=CC1. The van der Waals surface area contributed by atoms with Crippen molar-refractivity contribution in [2.75, 3.05) is 0 Å². The summed E-state index contributed by atoms with van der Waals surface area (Å²) in [6.07, 6.45) is 13.9. The lowest BCUT2D eigenvalue weighted by Gasteiger charge is -2.19. The Hall–Kier alpha value is -1.14. The maximum atomic E-state index is 10.6. The first kappa shape index (κ1) is 11.3. The standard InChI is InChI=1S/C13H15O2P/c1-10-7-8-12(13(9-10)15-16-14)11-5-3-2-4-6-11/h3,5-6,8-10H,2,4,7H2,1H3. The quantitative estimate of drug-likeness (QED) is 0.679. The molecule has 0 radical (unpaired) electrons. The smallest absolute Gasteiger partial charge is 0.395 e. The van der Waals surface area contributed by atoms with Gasteiger partial charge < -0.3 is 4.52 Å². The minimum absolute atomic E-state index is 0.282. The normalized spacial score (nSPS) is 24.8. The van der Waals surface area contributed by atoms with Crippen molar-refractivity contribution in [3.05, 3.63) is 47.3 Å². The van der Waals surface area contributed by atoms with E-state index in [-0.39, 0.29) is 8.69 Å². The maximum Gasteiger partial charge on any atom is 0.395 e. The first-order valence-electron chi connectivity index (χ1n) is 5.60. The van der Waals surface area contributed by atoms with Crippen LogP contribution in [0.15, 0.2) is 47.3 Å². The van der Waals surface area contributed by atoms with Crippen LogP contribution < -0.4 is 0 Å². The van der Waals surface area contributed by atoms with Crippen LogP contribution in [0.4, 0.5) is 0 Å². The molecule has 0 aromatic heterocycles. The monoisotopic (exact) mass is 234 g/mol. The molecule has 2 rings (SSSR count). The van der Waals surface area contributed by atoms with Crippen LogP contribution in [0, 0.1) is 5.92 Å². The van der Waals surface area contributed by atoms with Crippen LogP contribution in [0.1, 0.15) is 26.2 Å². The van der Waals surface area contributed by atoms with Crippen molar-refractivity contribution in [2.45, 2.75) is 26.2 Å². The van der Waals surface area contributed by atoms with Crippen LogP contribution in [0.3, 0.4) is 0 Å². The Kier molecular flexibility index (Phi) is 3.74. The van der Waals surface area contributed by atoms with E-state index in [0.29, 0.717) is 5.92 Å². The minimum atomic E-state index is -0.282. The summed E-state index contributed by atoms with van der Waals surface area (Å²) < 4.78 is 15.7. The van der Waals surface area contributed by atoms with Crippen molar-refractivity contribution in [3.63, 3.8) is 0 Å². The second kappa shape index (κ2) is 5.27. The van der Waals surface area contributed by atoms with Gasteiger partial charge in [0.2, 0.25) is 0 Å². The zero-order chi connectivity index (χ0) is 11.4. The molecule has 0 saturated carbocycles. The van der Waals surface area contributed by atoms with Crippen LogP contribution in [0.2, 0.25) is 0 Å². The molecule has 16 heavy (non-hydrogen) atoms. The molecule has 0 aliphatic heterocycles. The van der Waals surface area contributed by atoms with E-state index in [1.165, 1.54) is 5.57 Å². The predicted molar refractivity (Wildman–Crippen MR) is 65.1 cm³/mol. The van der Waals surface area contributed by atoms with Gasteiger partial charge in [0.15, 0.2) is 0 Å². The topological polar surface area (TPSA) is 26.3 Å². The molecule has 0 fully saturated rings. The molecule has 0 heterocycles. The summed E-state index contributed by atoms with van der Waals surface area (Å²) in [4.78, 5) is 0. The molecule has 2 nitrogen and oxygen atoms in total. The van der Waals surface area contributed by atoms with Gasteiger partial charge in [-0.15, -0.1) is 0 Å². The van der Waals surface area contributed by atoms with E-state index in [1.54, 1.807) is 0 Å². The average Bonchev–Trinajstić information content (AvgIpc) is 2.31. The van der Waals surface area contributed by atoms with E-state index >= 15 is 0 Å². The fraction of sp³-hybridized carbons (Fsp3) is 0.385. The molecular weight excluding hydrogens is 219 g/mol. The Morgan fingerprint density at radius 2 is 2.25 bits per heavy atom. The second-order valence-electron chi connectivity index (χ2n) is 4.17. The number of rotatable bonds is 3. The van der Waals surface area contributed by atoms with Crippen LogP contribution in [-0.4, -0.2) is 0 Å². The molecule has 2 aliphatic carbocycles. The molecule has 1 unspecified atom stereocenters.